The van der Waals surface area contributed by atoms with Crippen LogP contribution in [0.2, 0.25) is 0 Å². The molecule has 0 heterocycles. The van der Waals surface area contributed by atoms with Crippen LogP contribution in [-0.4, -0.2) is 12.2 Å². The first-order valence-corrected chi connectivity index (χ1v) is 9.44. The molecule has 3 rings (SSSR count). The third-order valence-corrected chi connectivity index (χ3v) is 6.16. The molecule has 3 aromatic carbocycles. The standard InChI is InChI=1S/C21H20O2S/c1-23-20-11-7-18(8-12-20)16-24(15-17-5-3-2-4-6-17)21-13-9-19(22)10-14-21/h2-14H,15-16H2,1H3/p+1. The minimum Gasteiger partial charge on any atom is -0.508 e. The molecule has 1 atom stereocenters. The van der Waals surface area contributed by atoms with E-state index in [1.807, 2.05) is 30.3 Å². The highest BCUT2D eigenvalue weighted by atomic mass is 32.2. The van der Waals surface area contributed by atoms with Crippen molar-refractivity contribution in [2.75, 3.05) is 7.11 Å². The molecule has 0 aromatic heterocycles. The molecule has 1 N–H and O–H groups in total. The summed E-state index contributed by atoms with van der Waals surface area (Å²) in [6.45, 7) is 0. The van der Waals surface area contributed by atoms with Crippen LogP contribution in [-0.2, 0) is 22.4 Å². The number of hydrogen-bond donors (Lipinski definition) is 1. The molecular weight excluding hydrogens is 316 g/mol. The summed E-state index contributed by atoms with van der Waals surface area (Å²) in [6.07, 6.45) is 0. The van der Waals surface area contributed by atoms with E-state index < -0.39 is 0 Å². The first-order valence-electron chi connectivity index (χ1n) is 7.88. The van der Waals surface area contributed by atoms with Crippen molar-refractivity contribution in [3.05, 3.63) is 90.0 Å². The predicted molar refractivity (Wildman–Crippen MR) is 101 cm³/mol. The van der Waals surface area contributed by atoms with Gasteiger partial charge in [0.2, 0.25) is 0 Å². The van der Waals surface area contributed by atoms with Crippen LogP contribution >= 0.6 is 0 Å². The maximum Gasteiger partial charge on any atom is 0.155 e. The monoisotopic (exact) mass is 337 g/mol. The average Bonchev–Trinajstić information content (AvgIpc) is 2.63. The third-order valence-electron chi connectivity index (χ3n) is 3.85. The van der Waals surface area contributed by atoms with E-state index in [0.29, 0.717) is 5.75 Å². The van der Waals surface area contributed by atoms with Gasteiger partial charge in [-0.25, -0.2) is 0 Å². The number of hydrogen-bond acceptors (Lipinski definition) is 2. The summed E-state index contributed by atoms with van der Waals surface area (Å²) in [5.41, 5.74) is 2.63. The van der Waals surface area contributed by atoms with E-state index in [2.05, 4.69) is 36.4 Å². The summed E-state index contributed by atoms with van der Waals surface area (Å²) in [5.74, 6) is 3.17. The zero-order chi connectivity index (χ0) is 16.8. The van der Waals surface area contributed by atoms with E-state index in [9.17, 15) is 5.11 Å². The van der Waals surface area contributed by atoms with E-state index in [1.54, 1.807) is 19.2 Å². The van der Waals surface area contributed by atoms with Gasteiger partial charge >= 0.3 is 0 Å². The van der Waals surface area contributed by atoms with E-state index in [1.165, 1.54) is 16.0 Å². The van der Waals surface area contributed by atoms with Crippen LogP contribution in [0.5, 0.6) is 11.5 Å². The van der Waals surface area contributed by atoms with Gasteiger partial charge in [0.05, 0.1) is 7.11 Å². The molecule has 3 aromatic rings. The van der Waals surface area contributed by atoms with Crippen LogP contribution in [0.15, 0.2) is 83.8 Å². The molecular formula is C21H21O2S+. The molecule has 0 spiro atoms. The van der Waals surface area contributed by atoms with Crippen molar-refractivity contribution < 1.29 is 9.84 Å². The van der Waals surface area contributed by atoms with Crippen molar-refractivity contribution in [2.45, 2.75) is 16.4 Å². The Kier molecular flexibility index (Phi) is 5.44. The Hall–Kier alpha value is -2.39. The minimum atomic E-state index is 0.0414. The average molecular weight is 337 g/mol. The second-order valence-electron chi connectivity index (χ2n) is 5.61. The lowest BCUT2D eigenvalue weighted by Crippen LogP contribution is -2.09. The van der Waals surface area contributed by atoms with Crippen LogP contribution in [0.25, 0.3) is 0 Å². The van der Waals surface area contributed by atoms with Gasteiger partial charge < -0.3 is 9.84 Å². The fraction of sp³-hybridized carbons (Fsp3) is 0.143. The Morgan fingerprint density at radius 1 is 0.750 bits per heavy atom. The topological polar surface area (TPSA) is 29.5 Å². The highest BCUT2D eigenvalue weighted by molar-refractivity contribution is 7.95. The van der Waals surface area contributed by atoms with Gasteiger partial charge in [-0.3, -0.25) is 0 Å². The Bertz CT molecular complexity index is 752. The predicted octanol–water partition coefficient (Wildman–Crippen LogP) is 4.78. The van der Waals surface area contributed by atoms with Gasteiger partial charge in [-0.1, -0.05) is 42.5 Å². The smallest absolute Gasteiger partial charge is 0.155 e. The summed E-state index contributed by atoms with van der Waals surface area (Å²) in [7, 11) is 1.73. The second kappa shape index (κ2) is 7.93. The molecule has 0 aliphatic heterocycles. The van der Waals surface area contributed by atoms with E-state index in [4.69, 9.17) is 4.74 Å². The van der Waals surface area contributed by atoms with Gasteiger partial charge in [-0.05, 0) is 36.4 Å². The first kappa shape index (κ1) is 16.5. The Morgan fingerprint density at radius 3 is 1.92 bits per heavy atom. The summed E-state index contributed by atoms with van der Waals surface area (Å²) in [4.78, 5) is 1.27. The normalized spacial score (nSPS) is 11.9. The number of aromatic hydroxyl groups is 1. The third kappa shape index (κ3) is 4.33. The highest BCUT2D eigenvalue weighted by Crippen LogP contribution is 2.25. The quantitative estimate of drug-likeness (QED) is 0.656. The van der Waals surface area contributed by atoms with Crippen LogP contribution in [0, 0.1) is 0 Å². The summed E-state index contributed by atoms with van der Waals surface area (Å²) < 4.78 is 5.24. The summed E-state index contributed by atoms with van der Waals surface area (Å²) >= 11 is 0. The van der Waals surface area contributed by atoms with Crippen LogP contribution in [0.4, 0.5) is 0 Å². The molecule has 1 unspecified atom stereocenters. The van der Waals surface area contributed by atoms with E-state index in [-0.39, 0.29) is 10.9 Å². The lowest BCUT2D eigenvalue weighted by molar-refractivity contribution is 0.414. The second-order valence-corrected chi connectivity index (χ2v) is 7.64. The van der Waals surface area contributed by atoms with Gasteiger partial charge in [-0.15, -0.1) is 0 Å². The zero-order valence-electron chi connectivity index (χ0n) is 13.7. The molecule has 0 amide bonds. The molecule has 0 saturated carbocycles. The first-order chi connectivity index (χ1) is 11.7. The molecule has 0 radical (unpaired) electrons. The van der Waals surface area contributed by atoms with Gasteiger partial charge in [0.25, 0.3) is 0 Å². The van der Waals surface area contributed by atoms with Gasteiger partial charge in [0.1, 0.15) is 23.0 Å². The number of phenols is 1. The maximum atomic E-state index is 9.56. The molecule has 0 aliphatic carbocycles. The van der Waals surface area contributed by atoms with E-state index >= 15 is 0 Å². The fourth-order valence-corrected chi connectivity index (χ4v) is 4.70. The summed E-state index contributed by atoms with van der Waals surface area (Å²) in [5, 5.41) is 9.56. The van der Waals surface area contributed by atoms with Crippen molar-refractivity contribution in [2.24, 2.45) is 0 Å². The van der Waals surface area contributed by atoms with Crippen LogP contribution in [0.3, 0.4) is 0 Å². The number of ether oxygens (including phenoxy) is 1. The Morgan fingerprint density at radius 2 is 1.33 bits per heavy atom. The fourth-order valence-electron chi connectivity index (χ4n) is 2.55. The molecule has 0 fully saturated rings. The van der Waals surface area contributed by atoms with Crippen molar-refractivity contribution in [1.29, 1.82) is 0 Å². The molecule has 0 bridgehead atoms. The molecule has 2 nitrogen and oxygen atoms in total. The number of methoxy groups -OCH3 is 1. The SMILES string of the molecule is COc1ccc(C[S+](Cc2ccccc2)c2ccc(O)cc2)cc1. The number of rotatable bonds is 6. The maximum absolute atomic E-state index is 9.56. The Labute approximate surface area is 146 Å². The van der Waals surface area contributed by atoms with Crippen LogP contribution in [0.1, 0.15) is 11.1 Å². The molecule has 0 aliphatic rings. The molecule has 3 heteroatoms. The largest absolute Gasteiger partial charge is 0.508 e. The van der Waals surface area contributed by atoms with Gasteiger partial charge in [0.15, 0.2) is 4.90 Å². The van der Waals surface area contributed by atoms with Crippen molar-refractivity contribution in [1.82, 2.24) is 0 Å². The van der Waals surface area contributed by atoms with E-state index in [0.717, 1.165) is 17.3 Å². The van der Waals surface area contributed by atoms with Gasteiger partial charge in [-0.2, -0.15) is 0 Å². The highest BCUT2D eigenvalue weighted by Gasteiger charge is 2.23. The van der Waals surface area contributed by atoms with Crippen LogP contribution < -0.4 is 4.74 Å². The molecule has 122 valence electrons. The molecule has 24 heavy (non-hydrogen) atoms. The lowest BCUT2D eigenvalue weighted by atomic mass is 10.2. The summed E-state index contributed by atoms with van der Waals surface area (Å²) in [6, 6.07) is 26.5. The number of benzene rings is 3. The van der Waals surface area contributed by atoms with Gasteiger partial charge in [0, 0.05) is 22.0 Å². The van der Waals surface area contributed by atoms with Crippen molar-refractivity contribution in [3.63, 3.8) is 0 Å². The number of phenolic OH excluding ortho intramolecular Hbond substituents is 1. The lowest BCUT2D eigenvalue weighted by Gasteiger charge is -2.10. The minimum absolute atomic E-state index is 0.0414. The molecule has 0 saturated heterocycles. The van der Waals surface area contributed by atoms with Crippen molar-refractivity contribution in [3.8, 4) is 11.5 Å². The zero-order valence-corrected chi connectivity index (χ0v) is 14.5. The van der Waals surface area contributed by atoms with Crippen molar-refractivity contribution >= 4 is 10.9 Å². The Balaban J connectivity index is 1.84.